The standard InChI is InChI=1S/C28H34O/c1-21(2)10-11-22-14-18-26(19-15-22)29-20-23-12-16-25(17-13-23)28-9-5-7-24-6-3-4-8-27(24)28/h3-9,14-15,18-19,21,23,25H,10-13,16-17,20H2,1-2H3. The molecule has 3 aromatic rings. The highest BCUT2D eigenvalue weighted by Crippen LogP contribution is 2.38. The molecule has 0 amide bonds. The highest BCUT2D eigenvalue weighted by molar-refractivity contribution is 5.86. The van der Waals surface area contributed by atoms with E-state index in [1.807, 2.05) is 0 Å². The topological polar surface area (TPSA) is 9.23 Å². The van der Waals surface area contributed by atoms with Crippen molar-refractivity contribution < 1.29 is 4.74 Å². The van der Waals surface area contributed by atoms with Crippen molar-refractivity contribution in [1.82, 2.24) is 0 Å². The molecule has 0 unspecified atom stereocenters. The second kappa shape index (κ2) is 9.48. The van der Waals surface area contributed by atoms with Gasteiger partial charge in [0.05, 0.1) is 6.61 Å². The molecule has 0 atom stereocenters. The van der Waals surface area contributed by atoms with Crippen LogP contribution in [-0.4, -0.2) is 6.61 Å². The van der Waals surface area contributed by atoms with Crippen LogP contribution < -0.4 is 4.74 Å². The molecule has 1 nitrogen and oxygen atoms in total. The summed E-state index contributed by atoms with van der Waals surface area (Å²) in [6.07, 6.45) is 7.49. The fraction of sp³-hybridized carbons (Fsp3) is 0.429. The minimum absolute atomic E-state index is 0.682. The van der Waals surface area contributed by atoms with Crippen LogP contribution in [-0.2, 0) is 6.42 Å². The summed E-state index contributed by atoms with van der Waals surface area (Å²) in [5.41, 5.74) is 2.96. The third-order valence-corrected chi connectivity index (χ3v) is 6.53. The van der Waals surface area contributed by atoms with Crippen molar-refractivity contribution in [1.29, 1.82) is 0 Å². The van der Waals surface area contributed by atoms with Crippen LogP contribution >= 0.6 is 0 Å². The van der Waals surface area contributed by atoms with Gasteiger partial charge in [-0.25, -0.2) is 0 Å². The van der Waals surface area contributed by atoms with E-state index in [0.717, 1.165) is 24.7 Å². The van der Waals surface area contributed by atoms with Crippen LogP contribution in [0.2, 0.25) is 0 Å². The lowest BCUT2D eigenvalue weighted by molar-refractivity contribution is 0.200. The third kappa shape index (κ3) is 5.21. The molecule has 0 heterocycles. The average Bonchev–Trinajstić information content (AvgIpc) is 2.77. The Morgan fingerprint density at radius 3 is 2.31 bits per heavy atom. The predicted octanol–water partition coefficient (Wildman–Crippen LogP) is 7.78. The van der Waals surface area contributed by atoms with Gasteiger partial charge in [0.15, 0.2) is 0 Å². The molecule has 152 valence electrons. The zero-order valence-electron chi connectivity index (χ0n) is 17.9. The van der Waals surface area contributed by atoms with Gasteiger partial charge < -0.3 is 4.74 Å². The van der Waals surface area contributed by atoms with E-state index in [1.165, 1.54) is 48.4 Å². The Hall–Kier alpha value is -2.28. The van der Waals surface area contributed by atoms with E-state index in [4.69, 9.17) is 4.74 Å². The lowest BCUT2D eigenvalue weighted by Gasteiger charge is -2.29. The van der Waals surface area contributed by atoms with Gasteiger partial charge in [-0.05, 0) is 90.3 Å². The first-order chi connectivity index (χ1) is 14.2. The molecule has 0 aromatic heterocycles. The van der Waals surface area contributed by atoms with Crippen molar-refractivity contribution in [2.75, 3.05) is 6.61 Å². The molecule has 4 rings (SSSR count). The summed E-state index contributed by atoms with van der Waals surface area (Å²) in [6, 6.07) is 24.4. The Morgan fingerprint density at radius 2 is 1.55 bits per heavy atom. The number of hydrogen-bond donors (Lipinski definition) is 0. The van der Waals surface area contributed by atoms with Gasteiger partial charge in [0, 0.05) is 0 Å². The zero-order chi connectivity index (χ0) is 20.1. The molecule has 29 heavy (non-hydrogen) atoms. The zero-order valence-corrected chi connectivity index (χ0v) is 17.9. The summed E-state index contributed by atoms with van der Waals surface area (Å²) < 4.78 is 6.14. The quantitative estimate of drug-likeness (QED) is 0.403. The second-order valence-electron chi connectivity index (χ2n) is 9.17. The molecule has 0 aliphatic heterocycles. The van der Waals surface area contributed by atoms with E-state index in [1.54, 1.807) is 5.56 Å². The Kier molecular flexibility index (Phi) is 6.54. The summed E-state index contributed by atoms with van der Waals surface area (Å²) in [5, 5.41) is 2.81. The molecule has 0 bridgehead atoms. The summed E-state index contributed by atoms with van der Waals surface area (Å²) in [7, 11) is 0. The first-order valence-electron chi connectivity index (χ1n) is 11.4. The Bertz CT molecular complexity index is 896. The van der Waals surface area contributed by atoms with Crippen LogP contribution in [0.25, 0.3) is 10.8 Å². The monoisotopic (exact) mass is 386 g/mol. The highest BCUT2D eigenvalue weighted by atomic mass is 16.5. The van der Waals surface area contributed by atoms with Crippen LogP contribution in [0.5, 0.6) is 5.75 Å². The Labute approximate surface area is 176 Å². The molecule has 0 radical (unpaired) electrons. The molecule has 1 heteroatoms. The first-order valence-corrected chi connectivity index (χ1v) is 11.4. The summed E-state index contributed by atoms with van der Waals surface area (Å²) >= 11 is 0. The average molecular weight is 387 g/mol. The SMILES string of the molecule is CC(C)CCc1ccc(OCC2CCC(c3cccc4ccccc34)CC2)cc1. The number of ether oxygens (including phenoxy) is 1. The van der Waals surface area contributed by atoms with Gasteiger partial charge in [0.25, 0.3) is 0 Å². The van der Waals surface area contributed by atoms with Gasteiger partial charge in [0.2, 0.25) is 0 Å². The number of hydrogen-bond acceptors (Lipinski definition) is 1. The molecule has 0 spiro atoms. The molecular weight excluding hydrogens is 352 g/mol. The first kappa shape index (κ1) is 20.0. The van der Waals surface area contributed by atoms with Crippen LogP contribution in [0.4, 0.5) is 0 Å². The lowest BCUT2D eigenvalue weighted by atomic mass is 9.78. The number of aryl methyl sites for hydroxylation is 1. The van der Waals surface area contributed by atoms with Crippen LogP contribution in [0.3, 0.4) is 0 Å². The number of rotatable bonds is 7. The molecule has 0 saturated heterocycles. The van der Waals surface area contributed by atoms with Gasteiger partial charge in [-0.15, -0.1) is 0 Å². The maximum Gasteiger partial charge on any atom is 0.119 e. The molecule has 0 N–H and O–H groups in total. The van der Waals surface area contributed by atoms with Crippen LogP contribution in [0, 0.1) is 11.8 Å². The van der Waals surface area contributed by atoms with Crippen molar-refractivity contribution in [2.24, 2.45) is 11.8 Å². The fourth-order valence-electron chi connectivity index (χ4n) is 4.67. The summed E-state index contributed by atoms with van der Waals surface area (Å²) in [4.78, 5) is 0. The van der Waals surface area contributed by atoms with Crippen LogP contribution in [0.15, 0.2) is 66.7 Å². The van der Waals surface area contributed by atoms with E-state index < -0.39 is 0 Å². The molecule has 1 fully saturated rings. The Balaban J connectivity index is 1.28. The maximum atomic E-state index is 6.14. The largest absolute Gasteiger partial charge is 0.493 e. The maximum absolute atomic E-state index is 6.14. The lowest BCUT2D eigenvalue weighted by Crippen LogP contribution is -2.19. The molecule has 1 aliphatic rings. The molecule has 1 saturated carbocycles. The van der Waals surface area contributed by atoms with Gasteiger partial charge in [0.1, 0.15) is 5.75 Å². The normalized spacial score (nSPS) is 19.6. The highest BCUT2D eigenvalue weighted by Gasteiger charge is 2.24. The van der Waals surface area contributed by atoms with Crippen LogP contribution in [0.1, 0.15) is 63.0 Å². The van der Waals surface area contributed by atoms with Crippen molar-refractivity contribution >= 4 is 10.8 Å². The van der Waals surface area contributed by atoms with Crippen molar-refractivity contribution in [3.05, 3.63) is 77.9 Å². The van der Waals surface area contributed by atoms with E-state index in [-0.39, 0.29) is 0 Å². The molecular formula is C28H34O. The minimum Gasteiger partial charge on any atom is -0.493 e. The van der Waals surface area contributed by atoms with Gasteiger partial charge >= 0.3 is 0 Å². The second-order valence-corrected chi connectivity index (χ2v) is 9.17. The van der Waals surface area contributed by atoms with Crippen molar-refractivity contribution in [3.63, 3.8) is 0 Å². The molecule has 3 aromatic carbocycles. The number of fused-ring (bicyclic) bond motifs is 1. The third-order valence-electron chi connectivity index (χ3n) is 6.53. The Morgan fingerprint density at radius 1 is 0.828 bits per heavy atom. The van der Waals surface area contributed by atoms with E-state index >= 15 is 0 Å². The summed E-state index contributed by atoms with van der Waals surface area (Å²) in [5.74, 6) is 3.16. The van der Waals surface area contributed by atoms with Gasteiger partial charge in [-0.2, -0.15) is 0 Å². The van der Waals surface area contributed by atoms with E-state index in [2.05, 4.69) is 80.6 Å². The van der Waals surface area contributed by atoms with Crippen molar-refractivity contribution in [3.8, 4) is 5.75 Å². The minimum atomic E-state index is 0.682. The van der Waals surface area contributed by atoms with E-state index in [0.29, 0.717) is 11.8 Å². The van der Waals surface area contributed by atoms with Gasteiger partial charge in [-0.3, -0.25) is 0 Å². The smallest absolute Gasteiger partial charge is 0.119 e. The van der Waals surface area contributed by atoms with E-state index in [9.17, 15) is 0 Å². The fourth-order valence-corrected chi connectivity index (χ4v) is 4.67. The van der Waals surface area contributed by atoms with Crippen molar-refractivity contribution in [2.45, 2.75) is 58.3 Å². The van der Waals surface area contributed by atoms with Gasteiger partial charge in [-0.1, -0.05) is 68.4 Å². The molecule has 1 aliphatic carbocycles. The number of benzene rings is 3. The predicted molar refractivity (Wildman–Crippen MR) is 124 cm³/mol. The summed E-state index contributed by atoms with van der Waals surface area (Å²) in [6.45, 7) is 5.42.